The molecule has 0 fully saturated rings. The van der Waals surface area contributed by atoms with Crippen LogP contribution in [0.5, 0.6) is 0 Å². The maximum absolute atomic E-state index is 13.5. The zero-order chi connectivity index (χ0) is 15.6. The van der Waals surface area contributed by atoms with E-state index in [2.05, 4.69) is 15.9 Å². The van der Waals surface area contributed by atoms with Gasteiger partial charge in [0.15, 0.2) is 0 Å². The minimum Gasteiger partial charge on any atom is -0.457 e. The van der Waals surface area contributed by atoms with Crippen molar-refractivity contribution in [3.63, 3.8) is 0 Å². The highest BCUT2D eigenvalue weighted by Gasteiger charge is 2.16. The Morgan fingerprint density at radius 1 is 1.29 bits per heavy atom. The Balaban J connectivity index is 2.18. The molecule has 3 nitrogen and oxygen atoms in total. The molecule has 0 atom stereocenters. The van der Waals surface area contributed by atoms with Gasteiger partial charge in [0, 0.05) is 10.0 Å². The molecule has 0 heterocycles. The van der Waals surface area contributed by atoms with Crippen molar-refractivity contribution in [3.05, 3.63) is 62.6 Å². The normalized spacial score (nSPS) is 10.5. The Morgan fingerprint density at radius 3 is 2.67 bits per heavy atom. The molecule has 2 aromatic rings. The molecule has 0 unspecified atom stereocenters. The molecule has 0 saturated carbocycles. The number of carbonyl (C=O) groups is 1. The first-order chi connectivity index (χ1) is 9.90. The van der Waals surface area contributed by atoms with Gasteiger partial charge in [-0.2, -0.15) is 0 Å². The van der Waals surface area contributed by atoms with E-state index in [9.17, 15) is 13.6 Å². The molecule has 2 aromatic carbocycles. The van der Waals surface area contributed by atoms with Crippen LogP contribution in [0.2, 0.25) is 5.02 Å². The average Bonchev–Trinajstić information content (AvgIpc) is 2.42. The number of halogens is 4. The van der Waals surface area contributed by atoms with Crippen molar-refractivity contribution in [1.29, 1.82) is 0 Å². The summed E-state index contributed by atoms with van der Waals surface area (Å²) in [6.45, 7) is -0.339. The largest absolute Gasteiger partial charge is 0.457 e. The minimum absolute atomic E-state index is 0.0429. The smallest absolute Gasteiger partial charge is 0.339 e. The average molecular weight is 377 g/mol. The van der Waals surface area contributed by atoms with Crippen molar-refractivity contribution < 1.29 is 18.3 Å². The lowest BCUT2D eigenvalue weighted by Gasteiger charge is -2.09. The van der Waals surface area contributed by atoms with Gasteiger partial charge in [-0.1, -0.05) is 17.7 Å². The summed E-state index contributed by atoms with van der Waals surface area (Å²) in [5, 5.41) is 0.153. The number of hydrogen-bond donors (Lipinski definition) is 1. The van der Waals surface area contributed by atoms with Gasteiger partial charge in [-0.15, -0.1) is 0 Å². The van der Waals surface area contributed by atoms with Gasteiger partial charge < -0.3 is 10.5 Å². The van der Waals surface area contributed by atoms with Crippen LogP contribution in [0.1, 0.15) is 15.9 Å². The van der Waals surface area contributed by atoms with Crippen molar-refractivity contribution >= 4 is 39.2 Å². The summed E-state index contributed by atoms with van der Waals surface area (Å²) in [5.74, 6) is -2.00. The summed E-state index contributed by atoms with van der Waals surface area (Å²) in [5.41, 5.74) is 5.32. The van der Waals surface area contributed by atoms with E-state index < -0.39 is 17.6 Å². The maximum Gasteiger partial charge on any atom is 0.339 e. The van der Waals surface area contributed by atoms with Crippen LogP contribution < -0.4 is 5.73 Å². The third-order valence-electron chi connectivity index (χ3n) is 2.72. The third-order valence-corrected chi connectivity index (χ3v) is 3.73. The van der Waals surface area contributed by atoms with Gasteiger partial charge in [-0.3, -0.25) is 0 Å². The summed E-state index contributed by atoms with van der Waals surface area (Å²) in [7, 11) is 0. The molecule has 0 aliphatic rings. The SMILES string of the molecule is Nc1cc(C(=O)OCc2c(F)cccc2Cl)c(Br)cc1F. The first-order valence-corrected chi connectivity index (χ1v) is 6.91. The fraction of sp³-hybridized carbons (Fsp3) is 0.0714. The molecule has 21 heavy (non-hydrogen) atoms. The zero-order valence-corrected chi connectivity index (χ0v) is 12.8. The highest BCUT2D eigenvalue weighted by molar-refractivity contribution is 9.10. The molecule has 0 amide bonds. The Labute approximate surface area is 132 Å². The van der Waals surface area contributed by atoms with E-state index in [0.29, 0.717) is 0 Å². The van der Waals surface area contributed by atoms with Gasteiger partial charge in [0.25, 0.3) is 0 Å². The fourth-order valence-electron chi connectivity index (χ4n) is 1.61. The predicted octanol–water partition coefficient (Wildman–Crippen LogP) is 4.32. The van der Waals surface area contributed by atoms with Crippen molar-refractivity contribution in [2.24, 2.45) is 0 Å². The zero-order valence-electron chi connectivity index (χ0n) is 10.5. The number of nitrogens with two attached hydrogens (primary N) is 1. The van der Waals surface area contributed by atoms with Crippen molar-refractivity contribution in [1.82, 2.24) is 0 Å². The molecule has 2 N–H and O–H groups in total. The molecule has 0 aliphatic heterocycles. The number of ether oxygens (including phenoxy) is 1. The second-order valence-electron chi connectivity index (χ2n) is 4.13. The van der Waals surface area contributed by atoms with E-state index >= 15 is 0 Å². The molecule has 0 bridgehead atoms. The molecule has 7 heteroatoms. The minimum atomic E-state index is -0.770. The molecule has 0 spiro atoms. The molecule has 0 radical (unpaired) electrons. The molecular weight excluding hydrogens is 368 g/mol. The van der Waals surface area contributed by atoms with Gasteiger partial charge in [-0.25, -0.2) is 13.6 Å². The lowest BCUT2D eigenvalue weighted by Crippen LogP contribution is -2.08. The Bertz CT molecular complexity index is 689. The summed E-state index contributed by atoms with van der Waals surface area (Å²) in [6, 6.07) is 6.34. The summed E-state index contributed by atoms with van der Waals surface area (Å²) in [6.07, 6.45) is 0. The van der Waals surface area contributed by atoms with Crippen LogP contribution in [-0.2, 0) is 11.3 Å². The monoisotopic (exact) mass is 375 g/mol. The van der Waals surface area contributed by atoms with Gasteiger partial charge >= 0.3 is 5.97 Å². The first-order valence-electron chi connectivity index (χ1n) is 5.74. The van der Waals surface area contributed by atoms with E-state index in [0.717, 1.165) is 12.1 Å². The van der Waals surface area contributed by atoms with Gasteiger partial charge in [0.2, 0.25) is 0 Å². The molecule has 0 aliphatic carbocycles. The molecule has 110 valence electrons. The van der Waals surface area contributed by atoms with Crippen LogP contribution in [0.4, 0.5) is 14.5 Å². The fourth-order valence-corrected chi connectivity index (χ4v) is 2.30. The van der Waals surface area contributed by atoms with Gasteiger partial charge in [0.05, 0.1) is 16.3 Å². The van der Waals surface area contributed by atoms with Crippen LogP contribution in [0.15, 0.2) is 34.8 Å². The van der Waals surface area contributed by atoms with E-state index in [-0.39, 0.29) is 32.9 Å². The Morgan fingerprint density at radius 2 is 2.00 bits per heavy atom. The number of hydrogen-bond acceptors (Lipinski definition) is 3. The Kier molecular flexibility index (Phi) is 4.80. The van der Waals surface area contributed by atoms with Crippen molar-refractivity contribution in [2.45, 2.75) is 6.61 Å². The second kappa shape index (κ2) is 6.41. The number of benzene rings is 2. The molecule has 2 rings (SSSR count). The number of rotatable bonds is 3. The standard InChI is InChI=1S/C14H9BrClF2NO2/c15-9-5-12(18)13(19)4-7(9)14(20)21-6-8-10(16)2-1-3-11(8)17/h1-5H,6,19H2. The van der Waals surface area contributed by atoms with Crippen molar-refractivity contribution in [3.8, 4) is 0 Å². The maximum atomic E-state index is 13.5. The van der Waals surface area contributed by atoms with Crippen LogP contribution in [0, 0.1) is 11.6 Å². The topological polar surface area (TPSA) is 52.3 Å². The van der Waals surface area contributed by atoms with Gasteiger partial charge in [-0.05, 0) is 40.2 Å². The van der Waals surface area contributed by atoms with E-state index in [1.54, 1.807) is 0 Å². The lowest BCUT2D eigenvalue weighted by molar-refractivity contribution is 0.0468. The summed E-state index contributed by atoms with van der Waals surface area (Å²) >= 11 is 8.87. The van der Waals surface area contributed by atoms with E-state index in [4.69, 9.17) is 22.1 Å². The first kappa shape index (κ1) is 15.7. The predicted molar refractivity (Wildman–Crippen MR) is 79.0 cm³/mol. The summed E-state index contributed by atoms with van der Waals surface area (Å²) in [4.78, 5) is 11.9. The number of anilines is 1. The van der Waals surface area contributed by atoms with E-state index in [1.807, 2.05) is 0 Å². The van der Waals surface area contributed by atoms with Crippen LogP contribution in [-0.4, -0.2) is 5.97 Å². The van der Waals surface area contributed by atoms with E-state index in [1.165, 1.54) is 18.2 Å². The lowest BCUT2D eigenvalue weighted by atomic mass is 10.2. The van der Waals surface area contributed by atoms with Crippen molar-refractivity contribution in [2.75, 3.05) is 5.73 Å². The number of nitrogen functional groups attached to an aromatic ring is 1. The van der Waals surface area contributed by atoms with Crippen LogP contribution in [0.3, 0.4) is 0 Å². The molecule has 0 saturated heterocycles. The quantitative estimate of drug-likeness (QED) is 0.641. The molecular formula is C14H9BrClF2NO2. The van der Waals surface area contributed by atoms with Crippen LogP contribution >= 0.6 is 27.5 Å². The number of carbonyl (C=O) groups excluding carboxylic acids is 1. The number of esters is 1. The highest BCUT2D eigenvalue weighted by Crippen LogP contribution is 2.25. The van der Waals surface area contributed by atoms with Gasteiger partial charge in [0.1, 0.15) is 18.2 Å². The second-order valence-corrected chi connectivity index (χ2v) is 5.39. The van der Waals surface area contributed by atoms with Crippen LogP contribution in [0.25, 0.3) is 0 Å². The highest BCUT2D eigenvalue weighted by atomic mass is 79.9. The summed E-state index contributed by atoms with van der Waals surface area (Å²) < 4.78 is 31.9. The molecule has 0 aromatic heterocycles. The third kappa shape index (κ3) is 3.51. The Hall–Kier alpha value is -1.66.